The Balaban J connectivity index is 2.05. The molecule has 2 rings (SSSR count). The van der Waals surface area contributed by atoms with E-state index in [0.717, 1.165) is 0 Å². The Labute approximate surface area is 152 Å². The topological polar surface area (TPSA) is 75.7 Å². The van der Waals surface area contributed by atoms with Gasteiger partial charge < -0.3 is 15.0 Å². The fraction of sp³-hybridized carbons (Fsp3) is 0.250. The maximum atomic E-state index is 12.3. The first-order chi connectivity index (χ1) is 12.5. The fourth-order valence-electron chi connectivity index (χ4n) is 2.47. The highest BCUT2D eigenvalue weighted by atomic mass is 16.5. The molecule has 0 aliphatic heterocycles. The maximum absolute atomic E-state index is 12.3. The summed E-state index contributed by atoms with van der Waals surface area (Å²) in [5.41, 5.74) is 1.96. The third-order valence-electron chi connectivity index (χ3n) is 4.01. The van der Waals surface area contributed by atoms with E-state index in [1.807, 2.05) is 13.8 Å². The molecule has 0 saturated carbocycles. The molecule has 0 aromatic heterocycles. The van der Waals surface area contributed by atoms with E-state index in [4.69, 9.17) is 0 Å². The molecule has 136 valence electrons. The van der Waals surface area contributed by atoms with Crippen molar-refractivity contribution in [2.24, 2.45) is 0 Å². The van der Waals surface area contributed by atoms with Gasteiger partial charge in [0, 0.05) is 29.9 Å². The number of hydrogen-bond donors (Lipinski definition) is 1. The smallest absolute Gasteiger partial charge is 0.337 e. The number of benzene rings is 2. The van der Waals surface area contributed by atoms with Crippen molar-refractivity contribution in [1.82, 2.24) is 4.90 Å². The highest BCUT2D eigenvalue weighted by Gasteiger charge is 2.13. The summed E-state index contributed by atoms with van der Waals surface area (Å²) in [6.07, 6.45) is 0. The molecule has 0 bridgehead atoms. The molecule has 0 aliphatic carbocycles. The van der Waals surface area contributed by atoms with Crippen molar-refractivity contribution < 1.29 is 19.1 Å². The SMILES string of the molecule is CCN(CC)C(=O)c1ccc(NC(=O)c2ccc(C(=O)OC)cc2)cc1. The summed E-state index contributed by atoms with van der Waals surface area (Å²) in [6, 6.07) is 12.9. The van der Waals surface area contributed by atoms with E-state index in [0.29, 0.717) is 35.5 Å². The van der Waals surface area contributed by atoms with Gasteiger partial charge in [0.25, 0.3) is 11.8 Å². The summed E-state index contributed by atoms with van der Waals surface area (Å²) < 4.78 is 4.63. The van der Waals surface area contributed by atoms with Gasteiger partial charge in [0.15, 0.2) is 0 Å². The average Bonchev–Trinajstić information content (AvgIpc) is 2.68. The normalized spacial score (nSPS) is 10.1. The Morgan fingerprint density at radius 1 is 0.846 bits per heavy atom. The van der Waals surface area contributed by atoms with Crippen molar-refractivity contribution in [3.05, 3.63) is 65.2 Å². The van der Waals surface area contributed by atoms with Crippen molar-refractivity contribution in [3.8, 4) is 0 Å². The van der Waals surface area contributed by atoms with E-state index in [9.17, 15) is 14.4 Å². The van der Waals surface area contributed by atoms with Crippen LogP contribution >= 0.6 is 0 Å². The number of rotatable bonds is 6. The van der Waals surface area contributed by atoms with Gasteiger partial charge in [-0.1, -0.05) is 0 Å². The first-order valence-electron chi connectivity index (χ1n) is 8.39. The van der Waals surface area contributed by atoms with E-state index < -0.39 is 5.97 Å². The molecule has 26 heavy (non-hydrogen) atoms. The van der Waals surface area contributed by atoms with E-state index in [-0.39, 0.29) is 11.8 Å². The van der Waals surface area contributed by atoms with Crippen LogP contribution in [0.1, 0.15) is 44.9 Å². The van der Waals surface area contributed by atoms with Gasteiger partial charge in [0.2, 0.25) is 0 Å². The second-order valence-corrected chi connectivity index (χ2v) is 5.58. The van der Waals surface area contributed by atoms with Crippen LogP contribution in [0.5, 0.6) is 0 Å². The van der Waals surface area contributed by atoms with Gasteiger partial charge in [-0.15, -0.1) is 0 Å². The lowest BCUT2D eigenvalue weighted by Gasteiger charge is -2.18. The molecule has 0 radical (unpaired) electrons. The van der Waals surface area contributed by atoms with Crippen LogP contribution in [0.4, 0.5) is 5.69 Å². The van der Waals surface area contributed by atoms with Crippen LogP contribution in [-0.2, 0) is 4.74 Å². The molecule has 6 heteroatoms. The van der Waals surface area contributed by atoms with Gasteiger partial charge in [0.05, 0.1) is 12.7 Å². The number of esters is 1. The number of carbonyl (C=O) groups is 3. The van der Waals surface area contributed by atoms with Gasteiger partial charge in [-0.05, 0) is 62.4 Å². The van der Waals surface area contributed by atoms with E-state index in [1.165, 1.54) is 19.2 Å². The van der Waals surface area contributed by atoms with Crippen molar-refractivity contribution in [2.45, 2.75) is 13.8 Å². The predicted molar refractivity (Wildman–Crippen MR) is 99.4 cm³/mol. The van der Waals surface area contributed by atoms with Gasteiger partial charge in [-0.25, -0.2) is 4.79 Å². The van der Waals surface area contributed by atoms with Crippen molar-refractivity contribution in [2.75, 3.05) is 25.5 Å². The zero-order chi connectivity index (χ0) is 19.1. The second kappa shape index (κ2) is 8.80. The number of carbonyl (C=O) groups excluding carboxylic acids is 3. The molecule has 1 N–H and O–H groups in total. The Bertz CT molecular complexity index is 778. The summed E-state index contributed by atoms with van der Waals surface area (Å²) >= 11 is 0. The third-order valence-corrected chi connectivity index (χ3v) is 4.01. The highest BCUT2D eigenvalue weighted by Crippen LogP contribution is 2.14. The molecule has 6 nitrogen and oxygen atoms in total. The largest absolute Gasteiger partial charge is 0.465 e. The summed E-state index contributed by atoms with van der Waals surface area (Å²) in [4.78, 5) is 37.7. The second-order valence-electron chi connectivity index (χ2n) is 5.58. The van der Waals surface area contributed by atoms with Crippen LogP contribution in [0.3, 0.4) is 0 Å². The van der Waals surface area contributed by atoms with E-state index in [1.54, 1.807) is 41.3 Å². The van der Waals surface area contributed by atoms with Crippen molar-refractivity contribution in [1.29, 1.82) is 0 Å². The zero-order valence-electron chi connectivity index (χ0n) is 15.1. The van der Waals surface area contributed by atoms with E-state index >= 15 is 0 Å². The quantitative estimate of drug-likeness (QED) is 0.808. The molecule has 2 aromatic carbocycles. The average molecular weight is 354 g/mol. The highest BCUT2D eigenvalue weighted by molar-refractivity contribution is 6.05. The van der Waals surface area contributed by atoms with Crippen molar-refractivity contribution >= 4 is 23.5 Å². The maximum Gasteiger partial charge on any atom is 0.337 e. The van der Waals surface area contributed by atoms with Gasteiger partial charge in [-0.2, -0.15) is 0 Å². The van der Waals surface area contributed by atoms with Crippen LogP contribution in [-0.4, -0.2) is 42.9 Å². The summed E-state index contributed by atoms with van der Waals surface area (Å²) in [7, 11) is 1.30. The number of ether oxygens (including phenoxy) is 1. The summed E-state index contributed by atoms with van der Waals surface area (Å²) in [6.45, 7) is 5.16. The number of nitrogens with zero attached hydrogens (tertiary/aromatic N) is 1. The van der Waals surface area contributed by atoms with Crippen LogP contribution in [0.25, 0.3) is 0 Å². The molecule has 0 saturated heterocycles. The zero-order valence-corrected chi connectivity index (χ0v) is 15.1. The molecule has 2 amide bonds. The molecule has 0 atom stereocenters. The lowest BCUT2D eigenvalue weighted by atomic mass is 10.1. The summed E-state index contributed by atoms with van der Waals surface area (Å²) in [5.74, 6) is -0.791. The van der Waals surface area contributed by atoms with E-state index in [2.05, 4.69) is 10.1 Å². The molecule has 0 aliphatic rings. The predicted octanol–water partition coefficient (Wildman–Crippen LogP) is 3.21. The van der Waals surface area contributed by atoms with Crippen LogP contribution in [0.2, 0.25) is 0 Å². The molecular formula is C20H22N2O4. The molecule has 0 unspecified atom stereocenters. The molecule has 0 heterocycles. The molecule has 2 aromatic rings. The first-order valence-corrected chi connectivity index (χ1v) is 8.39. The minimum Gasteiger partial charge on any atom is -0.465 e. The third kappa shape index (κ3) is 4.47. The van der Waals surface area contributed by atoms with Crippen LogP contribution < -0.4 is 5.32 Å². The Hall–Kier alpha value is -3.15. The van der Waals surface area contributed by atoms with Crippen LogP contribution in [0, 0.1) is 0 Å². The summed E-state index contributed by atoms with van der Waals surface area (Å²) in [5, 5.41) is 2.76. The number of hydrogen-bond acceptors (Lipinski definition) is 4. The van der Waals surface area contributed by atoms with Crippen molar-refractivity contribution in [3.63, 3.8) is 0 Å². The van der Waals surface area contributed by atoms with Gasteiger partial charge >= 0.3 is 5.97 Å². The monoisotopic (exact) mass is 354 g/mol. The lowest BCUT2D eigenvalue weighted by molar-refractivity contribution is 0.0600. The van der Waals surface area contributed by atoms with Gasteiger partial charge in [-0.3, -0.25) is 9.59 Å². The molecular weight excluding hydrogens is 332 g/mol. The minimum absolute atomic E-state index is 0.0359. The fourth-order valence-corrected chi connectivity index (χ4v) is 2.47. The molecule has 0 spiro atoms. The number of amides is 2. The lowest BCUT2D eigenvalue weighted by Crippen LogP contribution is -2.30. The number of nitrogens with one attached hydrogen (secondary N) is 1. The standard InChI is InChI=1S/C20H22N2O4/c1-4-22(5-2)19(24)15-10-12-17(13-11-15)21-18(23)14-6-8-16(9-7-14)20(25)26-3/h6-13H,4-5H2,1-3H3,(H,21,23). The van der Waals surface area contributed by atoms with Crippen LogP contribution in [0.15, 0.2) is 48.5 Å². The number of methoxy groups -OCH3 is 1. The minimum atomic E-state index is -0.453. The van der Waals surface area contributed by atoms with Gasteiger partial charge in [0.1, 0.15) is 0 Å². The Morgan fingerprint density at radius 3 is 1.85 bits per heavy atom. The Morgan fingerprint density at radius 2 is 1.35 bits per heavy atom. The first kappa shape index (κ1) is 19.2. The molecule has 0 fully saturated rings. The Kier molecular flexibility index (Phi) is 6.49. The number of anilines is 1.